The molecule has 0 bridgehead atoms. The molecule has 1 amide bonds. The lowest BCUT2D eigenvalue weighted by Crippen LogP contribution is -2.61. The van der Waals surface area contributed by atoms with Gasteiger partial charge in [0.15, 0.2) is 0 Å². The Kier molecular flexibility index (Phi) is 6.00. The predicted molar refractivity (Wildman–Crippen MR) is 107 cm³/mol. The van der Waals surface area contributed by atoms with Gasteiger partial charge in [0.05, 0.1) is 17.8 Å². The second kappa shape index (κ2) is 8.46. The summed E-state index contributed by atoms with van der Waals surface area (Å²) < 4.78 is 3.53. The SMILES string of the molecule is CC(=O)O.Cn1ccn2ncc(C(=O)N[C@@]3(c4ccccc4)CCNC[C@H]3O)c12. The summed E-state index contributed by atoms with van der Waals surface area (Å²) in [5.41, 5.74) is 1.31. The van der Waals surface area contributed by atoms with Crippen LogP contribution < -0.4 is 10.6 Å². The molecule has 0 unspecified atom stereocenters. The minimum Gasteiger partial charge on any atom is -0.481 e. The summed E-state index contributed by atoms with van der Waals surface area (Å²) in [6.07, 6.45) is 5.12. The highest BCUT2D eigenvalue weighted by Gasteiger charge is 2.43. The zero-order chi connectivity index (χ0) is 21.0. The fourth-order valence-electron chi connectivity index (χ4n) is 3.64. The first-order valence-corrected chi connectivity index (χ1v) is 9.30. The van der Waals surface area contributed by atoms with Crippen molar-refractivity contribution in [3.8, 4) is 0 Å². The van der Waals surface area contributed by atoms with Gasteiger partial charge in [0.25, 0.3) is 11.9 Å². The van der Waals surface area contributed by atoms with E-state index in [9.17, 15) is 9.90 Å². The summed E-state index contributed by atoms with van der Waals surface area (Å²) in [6, 6.07) is 9.67. The Hall–Kier alpha value is -3.17. The van der Waals surface area contributed by atoms with E-state index in [0.29, 0.717) is 18.5 Å². The first kappa shape index (κ1) is 20.6. The van der Waals surface area contributed by atoms with Crippen molar-refractivity contribution < 1.29 is 19.8 Å². The number of nitrogens with one attached hydrogen (secondary N) is 2. The van der Waals surface area contributed by atoms with Gasteiger partial charge in [0.1, 0.15) is 11.2 Å². The van der Waals surface area contributed by atoms with Crippen molar-refractivity contribution in [1.82, 2.24) is 24.8 Å². The number of carboxylic acids is 1. The third-order valence-electron chi connectivity index (χ3n) is 5.01. The highest BCUT2D eigenvalue weighted by molar-refractivity contribution is 6.00. The minimum absolute atomic E-state index is 0.235. The number of aliphatic hydroxyl groups excluding tert-OH is 1. The molecule has 3 aromatic rings. The van der Waals surface area contributed by atoms with Crippen LogP contribution in [0.25, 0.3) is 5.65 Å². The van der Waals surface area contributed by atoms with Crippen molar-refractivity contribution in [3.63, 3.8) is 0 Å². The first-order chi connectivity index (χ1) is 13.8. The number of fused-ring (bicyclic) bond motifs is 1. The van der Waals surface area contributed by atoms with Crippen LogP contribution in [0.15, 0.2) is 48.9 Å². The minimum atomic E-state index is -0.833. The van der Waals surface area contributed by atoms with Gasteiger partial charge >= 0.3 is 0 Å². The van der Waals surface area contributed by atoms with Crippen LogP contribution in [0, 0.1) is 0 Å². The number of β-amino-alcohol motifs (C(OH)–C–C–N with tert-alkyl or cyclic N) is 1. The molecule has 2 atom stereocenters. The number of amides is 1. The van der Waals surface area contributed by atoms with E-state index in [1.807, 2.05) is 48.1 Å². The summed E-state index contributed by atoms with van der Waals surface area (Å²) >= 11 is 0. The second-order valence-corrected chi connectivity index (χ2v) is 7.02. The average Bonchev–Trinajstić information content (AvgIpc) is 3.27. The number of carbonyl (C=O) groups excluding carboxylic acids is 1. The molecule has 1 aliphatic rings. The third kappa shape index (κ3) is 4.15. The number of carboxylic acid groups (broad SMARTS) is 1. The van der Waals surface area contributed by atoms with Gasteiger partial charge in [-0.25, -0.2) is 4.52 Å². The number of hydrogen-bond donors (Lipinski definition) is 4. The Morgan fingerprint density at radius 2 is 1.97 bits per heavy atom. The molecule has 4 rings (SSSR count). The Balaban J connectivity index is 0.000000552. The van der Waals surface area contributed by atoms with E-state index in [0.717, 1.165) is 24.7 Å². The van der Waals surface area contributed by atoms with Crippen molar-refractivity contribution in [3.05, 3.63) is 60.0 Å². The Morgan fingerprint density at radius 3 is 2.62 bits per heavy atom. The first-order valence-electron chi connectivity index (χ1n) is 9.30. The molecular formula is C20H25N5O4. The van der Waals surface area contributed by atoms with Crippen molar-refractivity contribution in [2.75, 3.05) is 13.1 Å². The number of nitrogens with zero attached hydrogens (tertiary/aromatic N) is 3. The smallest absolute Gasteiger partial charge is 0.300 e. The molecule has 1 aromatic carbocycles. The number of carbonyl (C=O) groups is 2. The molecule has 29 heavy (non-hydrogen) atoms. The van der Waals surface area contributed by atoms with Crippen molar-refractivity contribution in [2.45, 2.75) is 25.0 Å². The molecule has 0 saturated carbocycles. The Bertz CT molecular complexity index is 993. The fourth-order valence-corrected chi connectivity index (χ4v) is 3.64. The highest BCUT2D eigenvalue weighted by Crippen LogP contribution is 2.31. The largest absolute Gasteiger partial charge is 0.481 e. The molecular weight excluding hydrogens is 374 g/mol. The topological polar surface area (TPSA) is 121 Å². The molecule has 2 aromatic heterocycles. The van der Waals surface area contributed by atoms with Gasteiger partial charge in [-0.15, -0.1) is 0 Å². The lowest BCUT2D eigenvalue weighted by atomic mass is 9.79. The van der Waals surface area contributed by atoms with Crippen LogP contribution >= 0.6 is 0 Å². The maximum Gasteiger partial charge on any atom is 0.300 e. The lowest BCUT2D eigenvalue weighted by Gasteiger charge is -2.42. The second-order valence-electron chi connectivity index (χ2n) is 7.02. The number of aliphatic carboxylic acids is 1. The molecule has 154 valence electrons. The number of aromatic nitrogens is 3. The summed E-state index contributed by atoms with van der Waals surface area (Å²) in [5.74, 6) is -1.07. The molecule has 0 spiro atoms. The summed E-state index contributed by atoms with van der Waals surface area (Å²) in [7, 11) is 1.88. The number of aryl methyl sites for hydroxylation is 1. The van der Waals surface area contributed by atoms with Crippen LogP contribution in [0.3, 0.4) is 0 Å². The van der Waals surface area contributed by atoms with E-state index < -0.39 is 17.6 Å². The maximum atomic E-state index is 13.1. The van der Waals surface area contributed by atoms with E-state index in [4.69, 9.17) is 9.90 Å². The molecule has 4 N–H and O–H groups in total. The van der Waals surface area contributed by atoms with Gasteiger partial charge in [0, 0.05) is 32.9 Å². The number of hydrogen-bond acceptors (Lipinski definition) is 5. The number of benzene rings is 1. The molecule has 1 aliphatic heterocycles. The summed E-state index contributed by atoms with van der Waals surface area (Å²) in [4.78, 5) is 22.1. The van der Waals surface area contributed by atoms with Crippen molar-refractivity contribution >= 4 is 17.5 Å². The zero-order valence-electron chi connectivity index (χ0n) is 16.4. The average molecular weight is 399 g/mol. The number of aliphatic hydroxyl groups is 1. The zero-order valence-corrected chi connectivity index (χ0v) is 16.4. The van der Waals surface area contributed by atoms with Gasteiger partial charge in [-0.1, -0.05) is 30.3 Å². The number of piperidine rings is 1. The van der Waals surface area contributed by atoms with Gasteiger partial charge < -0.3 is 25.4 Å². The van der Waals surface area contributed by atoms with E-state index >= 15 is 0 Å². The normalized spacial score (nSPS) is 21.3. The predicted octanol–water partition coefficient (Wildman–Crippen LogP) is 0.743. The molecule has 9 heteroatoms. The third-order valence-corrected chi connectivity index (χ3v) is 5.01. The number of imidazole rings is 1. The maximum absolute atomic E-state index is 13.1. The van der Waals surface area contributed by atoms with Gasteiger partial charge in [-0.2, -0.15) is 5.10 Å². The van der Waals surface area contributed by atoms with Crippen LogP contribution in [0.1, 0.15) is 29.3 Å². The van der Waals surface area contributed by atoms with Gasteiger partial charge in [-0.05, 0) is 18.5 Å². The van der Waals surface area contributed by atoms with E-state index in [1.54, 1.807) is 16.9 Å². The Labute approximate surface area is 168 Å². The van der Waals surface area contributed by atoms with E-state index in [1.165, 1.54) is 0 Å². The fraction of sp³-hybridized carbons (Fsp3) is 0.350. The Morgan fingerprint density at radius 1 is 1.28 bits per heavy atom. The van der Waals surface area contributed by atoms with Gasteiger partial charge in [0.2, 0.25) is 0 Å². The van der Waals surface area contributed by atoms with Crippen LogP contribution in [0.4, 0.5) is 0 Å². The summed E-state index contributed by atoms with van der Waals surface area (Å²) in [5, 5.41) is 28.7. The van der Waals surface area contributed by atoms with Crippen molar-refractivity contribution in [1.29, 1.82) is 0 Å². The molecule has 0 aliphatic carbocycles. The molecule has 9 nitrogen and oxygen atoms in total. The van der Waals surface area contributed by atoms with Crippen LogP contribution in [0.2, 0.25) is 0 Å². The van der Waals surface area contributed by atoms with Gasteiger partial charge in [-0.3, -0.25) is 9.59 Å². The van der Waals surface area contributed by atoms with Crippen LogP contribution in [-0.2, 0) is 17.4 Å². The van der Waals surface area contributed by atoms with E-state index in [2.05, 4.69) is 15.7 Å². The summed E-state index contributed by atoms with van der Waals surface area (Å²) in [6.45, 7) is 2.24. The number of rotatable bonds is 3. The quantitative estimate of drug-likeness (QED) is 0.516. The highest BCUT2D eigenvalue weighted by atomic mass is 16.4. The monoisotopic (exact) mass is 399 g/mol. The van der Waals surface area contributed by atoms with Crippen LogP contribution in [-0.4, -0.2) is 55.5 Å². The molecule has 0 radical (unpaired) electrons. The van der Waals surface area contributed by atoms with Crippen LogP contribution in [0.5, 0.6) is 0 Å². The molecule has 3 heterocycles. The van der Waals surface area contributed by atoms with Crippen molar-refractivity contribution in [2.24, 2.45) is 7.05 Å². The molecule has 1 fully saturated rings. The standard InChI is InChI=1S/C18H21N5O2.C2H4O2/c1-22-9-10-23-17(22)14(11-20-23)16(25)21-18(7-8-19-12-15(18)24)13-5-3-2-4-6-13;1-2(3)4/h2-6,9-11,15,19,24H,7-8,12H2,1H3,(H,21,25);1H3,(H,3,4)/t15-,18-;/m1./s1. The van der Waals surface area contributed by atoms with E-state index in [-0.39, 0.29) is 5.91 Å². The lowest BCUT2D eigenvalue weighted by molar-refractivity contribution is -0.134. The molecule has 1 saturated heterocycles.